The van der Waals surface area contributed by atoms with Gasteiger partial charge in [-0.2, -0.15) is 13.9 Å². The van der Waals surface area contributed by atoms with E-state index in [1.54, 1.807) is 0 Å². The number of nitriles is 2. The van der Waals surface area contributed by atoms with Crippen molar-refractivity contribution in [2.45, 2.75) is 6.55 Å². The van der Waals surface area contributed by atoms with Crippen molar-refractivity contribution in [3.63, 3.8) is 0 Å². The molecule has 0 unspecified atom stereocenters. The molecule has 1 aromatic heterocycles. The lowest BCUT2D eigenvalue weighted by Gasteiger charge is -1.98. The summed E-state index contributed by atoms with van der Waals surface area (Å²) in [6.45, 7) is 4.07. The molecule has 1 heterocycles. The van der Waals surface area contributed by atoms with Gasteiger partial charge in [0.05, 0.1) is 11.7 Å². The van der Waals surface area contributed by atoms with E-state index < -0.39 is 12.3 Å². The minimum atomic E-state index is -2.93. The second kappa shape index (κ2) is 8.00. The van der Waals surface area contributed by atoms with Crippen molar-refractivity contribution in [1.29, 1.82) is 10.5 Å². The van der Waals surface area contributed by atoms with Crippen LogP contribution >= 0.6 is 0 Å². The third kappa shape index (κ3) is 3.40. The van der Waals surface area contributed by atoms with Gasteiger partial charge in [-0.05, 0) is 17.7 Å². The van der Waals surface area contributed by atoms with Gasteiger partial charge in [0.15, 0.2) is 5.58 Å². The van der Waals surface area contributed by atoms with Gasteiger partial charge < -0.3 is 10.3 Å². The molecule has 0 aliphatic rings. The Morgan fingerprint density at radius 1 is 1.35 bits per heavy atom. The molecule has 20 heavy (non-hydrogen) atoms. The number of halogens is 2. The number of aromatic nitrogens is 1. The van der Waals surface area contributed by atoms with Gasteiger partial charge in [0, 0.05) is 13.1 Å². The van der Waals surface area contributed by atoms with Crippen LogP contribution in [0.25, 0.3) is 11.1 Å². The van der Waals surface area contributed by atoms with Crippen molar-refractivity contribution in [1.82, 2.24) is 4.57 Å². The third-order valence-corrected chi connectivity index (χ3v) is 2.06. The lowest BCUT2D eigenvalue weighted by Crippen LogP contribution is -2.14. The highest BCUT2D eigenvalue weighted by molar-refractivity contribution is 5.86. The lowest BCUT2D eigenvalue weighted by molar-refractivity contribution is 0.0670. The Labute approximate surface area is 111 Å². The summed E-state index contributed by atoms with van der Waals surface area (Å²) in [7, 11) is 0. The SMILES string of the molecule is C#N.C#N.NN=Cc1ccc2c(c1)oc(=O)n2C(F)F. The lowest BCUT2D eigenvalue weighted by atomic mass is 10.2. The standard InChI is InChI=1S/C9H7F2N3O2.2CHN/c10-8(11)14-6-2-1-5(4-13-12)3-7(6)16-9(14)15;2*1-2/h1-4,8H,12H2;2*1H. The number of nitrogens with zero attached hydrogens (tertiary/aromatic N) is 4. The molecule has 0 bridgehead atoms. The van der Waals surface area contributed by atoms with Crippen LogP contribution in [0.4, 0.5) is 8.78 Å². The fraction of sp³-hybridized carbons (Fsp3) is 0.0909. The molecule has 2 aromatic rings. The van der Waals surface area contributed by atoms with Crippen molar-refractivity contribution in [3.05, 3.63) is 34.3 Å². The van der Waals surface area contributed by atoms with Crippen LogP contribution in [0.5, 0.6) is 0 Å². The molecule has 0 fully saturated rings. The number of hydrazone groups is 1. The quantitative estimate of drug-likeness (QED) is 0.508. The molecule has 1 aromatic carbocycles. The van der Waals surface area contributed by atoms with E-state index in [0.29, 0.717) is 5.56 Å². The van der Waals surface area contributed by atoms with Crippen LogP contribution in [0.2, 0.25) is 0 Å². The van der Waals surface area contributed by atoms with Crippen LogP contribution < -0.4 is 11.6 Å². The molecule has 2 rings (SSSR count). The van der Waals surface area contributed by atoms with Crippen LogP contribution in [-0.2, 0) is 0 Å². The van der Waals surface area contributed by atoms with Gasteiger partial charge in [-0.3, -0.25) is 0 Å². The average molecular weight is 281 g/mol. The topological polar surface area (TPSA) is 121 Å². The van der Waals surface area contributed by atoms with Crippen LogP contribution in [-0.4, -0.2) is 10.8 Å². The molecule has 9 heteroatoms. The molecule has 0 saturated carbocycles. The molecule has 0 saturated heterocycles. The summed E-state index contributed by atoms with van der Waals surface area (Å²) in [5.41, 5.74) is 0.669. The van der Waals surface area contributed by atoms with E-state index in [1.165, 1.54) is 24.4 Å². The average Bonchev–Trinajstić information content (AvgIpc) is 2.79. The van der Waals surface area contributed by atoms with E-state index in [-0.39, 0.29) is 15.7 Å². The summed E-state index contributed by atoms with van der Waals surface area (Å²) in [4.78, 5) is 11.1. The van der Waals surface area contributed by atoms with E-state index in [9.17, 15) is 13.6 Å². The van der Waals surface area contributed by atoms with Crippen molar-refractivity contribution in [2.24, 2.45) is 10.9 Å². The van der Waals surface area contributed by atoms with Gasteiger partial charge in [-0.15, -0.1) is 0 Å². The Kier molecular flexibility index (Phi) is 6.72. The Balaban J connectivity index is 0.000000829. The highest BCUT2D eigenvalue weighted by Crippen LogP contribution is 2.19. The Bertz CT molecular complexity index is 678. The van der Waals surface area contributed by atoms with E-state index in [2.05, 4.69) is 22.7 Å². The molecule has 0 aliphatic heterocycles. The monoisotopic (exact) mass is 281 g/mol. The fourth-order valence-electron chi connectivity index (χ4n) is 1.40. The zero-order chi connectivity index (χ0) is 15.7. The maximum Gasteiger partial charge on any atom is 0.424 e. The normalized spacial score (nSPS) is 9.75. The van der Waals surface area contributed by atoms with Crippen molar-refractivity contribution in [3.8, 4) is 13.1 Å². The molecule has 7 nitrogen and oxygen atoms in total. The second-order valence-electron chi connectivity index (χ2n) is 3.02. The fourth-order valence-corrected chi connectivity index (χ4v) is 1.40. The zero-order valence-corrected chi connectivity index (χ0v) is 9.98. The van der Waals surface area contributed by atoms with Gasteiger partial charge in [0.25, 0.3) is 0 Å². The van der Waals surface area contributed by atoms with Crippen molar-refractivity contribution >= 4 is 17.3 Å². The van der Waals surface area contributed by atoms with Gasteiger partial charge >= 0.3 is 12.3 Å². The molecular weight excluding hydrogens is 272 g/mol. The van der Waals surface area contributed by atoms with E-state index in [1.807, 2.05) is 0 Å². The van der Waals surface area contributed by atoms with Gasteiger partial charge in [-0.25, -0.2) is 19.9 Å². The highest BCUT2D eigenvalue weighted by atomic mass is 19.3. The summed E-state index contributed by atoms with van der Waals surface area (Å²) in [6.07, 6.45) is 1.32. The van der Waals surface area contributed by atoms with Crippen molar-refractivity contribution < 1.29 is 13.2 Å². The van der Waals surface area contributed by atoms with Gasteiger partial charge in [-0.1, -0.05) is 6.07 Å². The maximum absolute atomic E-state index is 12.5. The number of nitrogens with two attached hydrogens (primary N) is 1. The Morgan fingerprint density at radius 3 is 2.45 bits per heavy atom. The minimum Gasteiger partial charge on any atom is -0.408 e. The maximum atomic E-state index is 12.5. The number of oxazole rings is 1. The number of alkyl halides is 2. The summed E-state index contributed by atoms with van der Waals surface area (Å²) < 4.78 is 29.9. The first-order chi connectivity index (χ1) is 9.63. The molecule has 0 aliphatic carbocycles. The van der Waals surface area contributed by atoms with Crippen LogP contribution in [0.1, 0.15) is 12.1 Å². The summed E-state index contributed by atoms with van der Waals surface area (Å²) in [5, 5.41) is 16.3. The zero-order valence-electron chi connectivity index (χ0n) is 9.98. The number of fused-ring (bicyclic) bond motifs is 1. The largest absolute Gasteiger partial charge is 0.424 e. The van der Waals surface area contributed by atoms with Gasteiger partial charge in [0.1, 0.15) is 0 Å². The molecule has 0 radical (unpaired) electrons. The number of rotatable bonds is 2. The molecular formula is C11H9F2N5O2. The smallest absolute Gasteiger partial charge is 0.408 e. The Hall–Kier alpha value is -3.20. The molecule has 0 atom stereocenters. The third-order valence-electron chi connectivity index (χ3n) is 2.06. The Morgan fingerprint density at radius 2 is 1.95 bits per heavy atom. The number of hydrogen-bond donors (Lipinski definition) is 1. The van der Waals surface area contributed by atoms with Crippen LogP contribution in [0.15, 0.2) is 32.5 Å². The molecule has 104 valence electrons. The molecule has 0 spiro atoms. The van der Waals surface area contributed by atoms with Gasteiger partial charge in [0.2, 0.25) is 0 Å². The summed E-state index contributed by atoms with van der Waals surface area (Å²) >= 11 is 0. The number of hydrogen-bond acceptors (Lipinski definition) is 6. The van der Waals surface area contributed by atoms with Crippen molar-refractivity contribution in [2.75, 3.05) is 0 Å². The molecule has 2 N–H and O–H groups in total. The highest BCUT2D eigenvalue weighted by Gasteiger charge is 2.16. The van der Waals surface area contributed by atoms with E-state index >= 15 is 0 Å². The first-order valence-electron chi connectivity index (χ1n) is 4.81. The van der Waals surface area contributed by atoms with E-state index in [0.717, 1.165) is 0 Å². The first kappa shape index (κ1) is 16.8. The summed E-state index contributed by atoms with van der Waals surface area (Å²) in [6, 6.07) is 4.27. The second-order valence-corrected chi connectivity index (χ2v) is 3.02. The predicted molar refractivity (Wildman–Crippen MR) is 66.8 cm³/mol. The van der Waals surface area contributed by atoms with Crippen LogP contribution in [0.3, 0.4) is 0 Å². The van der Waals surface area contributed by atoms with Crippen LogP contribution in [0, 0.1) is 23.7 Å². The number of benzene rings is 1. The first-order valence-corrected chi connectivity index (χ1v) is 4.81. The summed E-state index contributed by atoms with van der Waals surface area (Å²) in [5.74, 6) is 3.85. The minimum absolute atomic E-state index is 0.0363. The predicted octanol–water partition coefficient (Wildman–Crippen LogP) is 1.56. The van der Waals surface area contributed by atoms with E-state index in [4.69, 9.17) is 16.4 Å². The molecule has 0 amide bonds.